The second-order valence-corrected chi connectivity index (χ2v) is 7.69. The van der Waals surface area contributed by atoms with Crippen LogP contribution in [0.25, 0.3) is 0 Å². The summed E-state index contributed by atoms with van der Waals surface area (Å²) in [6.07, 6.45) is -0.0312. The Morgan fingerprint density at radius 1 is 1.52 bits per heavy atom. The Kier molecular flexibility index (Phi) is 5.00. The first-order valence-corrected chi connectivity index (χ1v) is 9.13. The van der Waals surface area contributed by atoms with Crippen molar-refractivity contribution in [1.29, 1.82) is 0 Å². The minimum absolute atomic E-state index is 0.0598. The molecule has 12 heteroatoms. The molecule has 0 radical (unpaired) electrons. The molecule has 0 aliphatic carbocycles. The van der Waals surface area contributed by atoms with Gasteiger partial charge in [0.25, 0.3) is 5.56 Å². The third kappa shape index (κ3) is 3.36. The van der Waals surface area contributed by atoms with Crippen molar-refractivity contribution in [1.82, 2.24) is 14.6 Å². The van der Waals surface area contributed by atoms with E-state index in [-0.39, 0.29) is 25.7 Å². The van der Waals surface area contributed by atoms with Crippen LogP contribution in [0.1, 0.15) is 6.23 Å². The number of ether oxygens (including phenoxy) is 3. The molecule has 3 heterocycles. The van der Waals surface area contributed by atoms with E-state index in [1.807, 2.05) is 0 Å². The summed E-state index contributed by atoms with van der Waals surface area (Å²) in [5.74, 6) is -0.369. The smallest absolute Gasteiger partial charge is 0.382 e. The Bertz CT molecular complexity index is 794. The molecule has 2 bridgehead atoms. The zero-order valence-corrected chi connectivity index (χ0v) is 14.6. The van der Waals surface area contributed by atoms with Crippen LogP contribution in [0.5, 0.6) is 0 Å². The number of rotatable bonds is 7. The molecule has 1 aromatic heterocycles. The van der Waals surface area contributed by atoms with E-state index < -0.39 is 36.9 Å². The molecule has 3 unspecified atom stereocenters. The van der Waals surface area contributed by atoms with Crippen LogP contribution in [0.3, 0.4) is 0 Å². The number of methoxy groups -OCH3 is 1. The Morgan fingerprint density at radius 3 is 2.92 bits per heavy atom. The van der Waals surface area contributed by atoms with Crippen LogP contribution in [-0.2, 0) is 23.3 Å². The van der Waals surface area contributed by atoms with Crippen molar-refractivity contribution in [2.45, 2.75) is 17.9 Å². The molecule has 3 rings (SSSR count). The van der Waals surface area contributed by atoms with Gasteiger partial charge in [0.15, 0.2) is 6.23 Å². The molecule has 0 aromatic carbocycles. The maximum absolute atomic E-state index is 12.1. The second kappa shape index (κ2) is 6.76. The standard InChI is InChI=1S/C13H20N3O8P/c1-21-6-13-7-23-10(8(13)5-14-25(19,20)22-2)11(24-13)16-4-3-9(17)15-12(16)18/h3-4,8,10-11H,5-7H2,1-2H3,(H2,14,19,20)(H,15,17,18)/t8-,10?,11?,13+/m1/s1. The highest BCUT2D eigenvalue weighted by atomic mass is 31.2. The summed E-state index contributed by atoms with van der Waals surface area (Å²) in [5.41, 5.74) is -2.03. The molecule has 3 N–H and O–H groups in total. The van der Waals surface area contributed by atoms with Gasteiger partial charge in [-0.05, 0) is 0 Å². The van der Waals surface area contributed by atoms with Gasteiger partial charge >= 0.3 is 13.4 Å². The molecule has 2 saturated heterocycles. The Labute approximate surface area is 142 Å². The van der Waals surface area contributed by atoms with Crippen LogP contribution in [0.2, 0.25) is 0 Å². The molecule has 2 fully saturated rings. The predicted octanol–water partition coefficient (Wildman–Crippen LogP) is -1.20. The third-order valence-electron chi connectivity index (χ3n) is 4.50. The molecule has 140 valence electrons. The van der Waals surface area contributed by atoms with E-state index in [2.05, 4.69) is 14.6 Å². The number of H-pyrrole nitrogens is 1. The molecule has 0 amide bonds. The number of aromatic nitrogens is 2. The van der Waals surface area contributed by atoms with Gasteiger partial charge in [0.1, 0.15) is 11.7 Å². The number of fused-ring (bicyclic) bond motifs is 2. The molecule has 0 spiro atoms. The van der Waals surface area contributed by atoms with Crippen LogP contribution in [0.4, 0.5) is 0 Å². The maximum Gasteiger partial charge on any atom is 0.402 e. The summed E-state index contributed by atoms with van der Waals surface area (Å²) in [6, 6.07) is 1.21. The number of aromatic amines is 1. The number of hydrogen-bond donors (Lipinski definition) is 3. The van der Waals surface area contributed by atoms with E-state index in [4.69, 9.17) is 14.2 Å². The van der Waals surface area contributed by atoms with Crippen LogP contribution in [-0.4, -0.2) is 60.1 Å². The number of nitrogens with one attached hydrogen (secondary N) is 2. The minimum Gasteiger partial charge on any atom is -0.382 e. The van der Waals surface area contributed by atoms with E-state index in [9.17, 15) is 19.0 Å². The van der Waals surface area contributed by atoms with Gasteiger partial charge in [-0.15, -0.1) is 0 Å². The van der Waals surface area contributed by atoms with Crippen LogP contribution in [0.15, 0.2) is 21.9 Å². The fraction of sp³-hybridized carbons (Fsp3) is 0.692. The van der Waals surface area contributed by atoms with Gasteiger partial charge < -0.3 is 23.6 Å². The first kappa shape index (κ1) is 18.5. The van der Waals surface area contributed by atoms with Gasteiger partial charge in [-0.25, -0.2) is 14.4 Å². The third-order valence-corrected chi connectivity index (χ3v) is 5.58. The Hall–Kier alpha value is -1.33. The lowest BCUT2D eigenvalue weighted by atomic mass is 9.89. The average Bonchev–Trinajstić information content (AvgIpc) is 3.05. The quantitative estimate of drug-likeness (QED) is 0.500. The van der Waals surface area contributed by atoms with E-state index in [0.29, 0.717) is 0 Å². The first-order chi connectivity index (χ1) is 11.8. The Balaban J connectivity index is 1.89. The molecule has 11 nitrogen and oxygen atoms in total. The average molecular weight is 377 g/mol. The lowest BCUT2D eigenvalue weighted by Gasteiger charge is -2.31. The van der Waals surface area contributed by atoms with Gasteiger partial charge in [-0.3, -0.25) is 14.3 Å². The van der Waals surface area contributed by atoms with E-state index >= 15 is 0 Å². The highest BCUT2D eigenvalue weighted by Crippen LogP contribution is 2.49. The fourth-order valence-corrected chi connectivity index (χ4v) is 3.88. The second-order valence-electron chi connectivity index (χ2n) is 5.97. The number of hydrogen-bond acceptors (Lipinski definition) is 7. The normalized spacial score (nSPS) is 33.5. The zero-order chi connectivity index (χ0) is 18.2. The summed E-state index contributed by atoms with van der Waals surface area (Å²) in [7, 11) is -1.30. The lowest BCUT2D eigenvalue weighted by Crippen LogP contribution is -2.45. The Morgan fingerprint density at radius 2 is 2.28 bits per heavy atom. The molecular weight excluding hydrogens is 357 g/mol. The molecule has 25 heavy (non-hydrogen) atoms. The van der Waals surface area contributed by atoms with Gasteiger partial charge in [-0.1, -0.05) is 0 Å². The van der Waals surface area contributed by atoms with Crippen molar-refractivity contribution in [2.75, 3.05) is 34.0 Å². The number of nitrogens with zero attached hydrogens (tertiary/aromatic N) is 1. The minimum atomic E-state index is -3.93. The molecular formula is C13H20N3O8P. The van der Waals surface area contributed by atoms with Crippen molar-refractivity contribution in [3.8, 4) is 0 Å². The summed E-state index contributed by atoms with van der Waals surface area (Å²) >= 11 is 0. The molecule has 5 atom stereocenters. The predicted molar refractivity (Wildman–Crippen MR) is 84.1 cm³/mol. The van der Waals surface area contributed by atoms with Gasteiger partial charge in [0, 0.05) is 38.9 Å². The van der Waals surface area contributed by atoms with E-state index in [1.54, 1.807) is 0 Å². The maximum atomic E-state index is 12.1. The zero-order valence-electron chi connectivity index (χ0n) is 13.7. The summed E-state index contributed by atoms with van der Waals surface area (Å²) in [6.45, 7) is 0.451. The molecule has 0 saturated carbocycles. The topological polar surface area (TPSA) is 141 Å². The highest BCUT2D eigenvalue weighted by molar-refractivity contribution is 7.50. The molecule has 1 aromatic rings. The van der Waals surface area contributed by atoms with Gasteiger partial charge in [0.2, 0.25) is 0 Å². The van der Waals surface area contributed by atoms with Crippen molar-refractivity contribution in [3.63, 3.8) is 0 Å². The fourth-order valence-electron chi connectivity index (χ4n) is 3.32. The van der Waals surface area contributed by atoms with E-state index in [0.717, 1.165) is 7.11 Å². The van der Waals surface area contributed by atoms with Gasteiger partial charge in [-0.2, -0.15) is 0 Å². The van der Waals surface area contributed by atoms with Crippen molar-refractivity contribution < 1.29 is 28.2 Å². The highest BCUT2D eigenvalue weighted by Gasteiger charge is 2.62. The molecule has 2 aliphatic rings. The largest absolute Gasteiger partial charge is 0.402 e. The lowest BCUT2D eigenvalue weighted by molar-refractivity contribution is -0.189. The van der Waals surface area contributed by atoms with Crippen LogP contribution in [0, 0.1) is 5.92 Å². The van der Waals surface area contributed by atoms with E-state index in [1.165, 1.54) is 23.9 Å². The molecule has 2 aliphatic heterocycles. The summed E-state index contributed by atoms with van der Waals surface area (Å²) in [4.78, 5) is 35.0. The van der Waals surface area contributed by atoms with Crippen molar-refractivity contribution >= 4 is 7.75 Å². The van der Waals surface area contributed by atoms with Crippen molar-refractivity contribution in [2.24, 2.45) is 5.92 Å². The SMILES string of the molecule is COC[C@@]12COC(C(n3ccc(=O)[nH]c3=O)O1)[C@H]2CNP(=O)(O)OC. The van der Waals surface area contributed by atoms with Crippen LogP contribution < -0.4 is 16.3 Å². The van der Waals surface area contributed by atoms with Crippen LogP contribution >= 0.6 is 7.75 Å². The van der Waals surface area contributed by atoms with Crippen molar-refractivity contribution in [3.05, 3.63) is 33.1 Å². The first-order valence-electron chi connectivity index (χ1n) is 7.55. The van der Waals surface area contributed by atoms with Gasteiger partial charge in [0.05, 0.1) is 13.2 Å². The summed E-state index contributed by atoms with van der Waals surface area (Å²) in [5, 5.41) is 2.46. The summed E-state index contributed by atoms with van der Waals surface area (Å²) < 4.78 is 34.5. The monoisotopic (exact) mass is 377 g/mol.